The number of hydrazine groups is 1. The number of hydrogen-bond donors (Lipinski definition) is 2. The van der Waals surface area contributed by atoms with Crippen LogP contribution in [0, 0.1) is 0 Å². The Balaban J connectivity index is 2.26. The van der Waals surface area contributed by atoms with Crippen LogP contribution in [0.1, 0.15) is 11.1 Å². The van der Waals surface area contributed by atoms with E-state index in [9.17, 15) is 5.11 Å². The zero-order valence-corrected chi connectivity index (χ0v) is 11.6. The lowest BCUT2D eigenvalue weighted by atomic mass is 9.92. The van der Waals surface area contributed by atoms with Gasteiger partial charge in [-0.15, -0.1) is 0 Å². The zero-order chi connectivity index (χ0) is 13.5. The number of fused-ring (bicyclic) bond motifs is 1. The van der Waals surface area contributed by atoms with Crippen LogP contribution in [0.4, 0.5) is 5.69 Å². The molecule has 0 amide bonds. The van der Waals surface area contributed by atoms with Crippen molar-refractivity contribution in [1.29, 1.82) is 0 Å². The van der Waals surface area contributed by atoms with E-state index in [-0.39, 0.29) is 0 Å². The van der Waals surface area contributed by atoms with Gasteiger partial charge < -0.3 is 5.11 Å². The molecule has 19 heavy (non-hydrogen) atoms. The molecule has 0 fully saturated rings. The molecular weight excluding hydrogens is 306 g/mol. The zero-order valence-electron chi connectivity index (χ0n) is 9.99. The average molecular weight is 318 g/mol. The predicted octanol–water partition coefficient (Wildman–Crippen LogP) is 2.49. The van der Waals surface area contributed by atoms with Gasteiger partial charge in [0.2, 0.25) is 5.72 Å². The summed E-state index contributed by atoms with van der Waals surface area (Å²) < 4.78 is 0.867. The lowest BCUT2D eigenvalue weighted by molar-refractivity contribution is -0.0374. The molecule has 1 heterocycles. The van der Waals surface area contributed by atoms with E-state index in [0.717, 1.165) is 4.47 Å². The fraction of sp³-hybridized carbons (Fsp3) is 0.0714. The molecule has 3 rings (SSSR count). The van der Waals surface area contributed by atoms with Gasteiger partial charge in [0.05, 0.1) is 5.69 Å². The molecule has 2 aromatic carbocycles. The van der Waals surface area contributed by atoms with E-state index in [1.807, 2.05) is 48.5 Å². The lowest BCUT2D eigenvalue weighted by Crippen LogP contribution is -2.52. The Morgan fingerprint density at radius 1 is 1.16 bits per heavy atom. The molecule has 0 aliphatic carbocycles. The Morgan fingerprint density at radius 3 is 2.63 bits per heavy atom. The molecule has 96 valence electrons. The van der Waals surface area contributed by atoms with Crippen molar-refractivity contribution in [3.05, 3.63) is 64.1 Å². The van der Waals surface area contributed by atoms with Crippen LogP contribution in [0.3, 0.4) is 0 Å². The summed E-state index contributed by atoms with van der Waals surface area (Å²) >= 11 is 3.41. The quantitative estimate of drug-likeness (QED) is 0.794. The minimum Gasteiger partial charge on any atom is -0.362 e. The van der Waals surface area contributed by atoms with Crippen LogP contribution in [-0.4, -0.2) is 16.5 Å². The van der Waals surface area contributed by atoms with Crippen LogP contribution in [-0.2, 0) is 5.72 Å². The van der Waals surface area contributed by atoms with Crippen LogP contribution < -0.4 is 5.84 Å². The van der Waals surface area contributed by atoms with Gasteiger partial charge in [-0.25, -0.2) is 10.8 Å². The van der Waals surface area contributed by atoms with E-state index < -0.39 is 5.72 Å². The van der Waals surface area contributed by atoms with Crippen LogP contribution >= 0.6 is 15.9 Å². The number of aliphatic hydroxyl groups is 1. The number of halogens is 1. The molecule has 0 radical (unpaired) electrons. The standard InChI is InChI=1S/C14H12BrN3O/c15-11-6-7-13-12(8-11)14(19,18(16)9-17-13)10-4-2-1-3-5-10/h1-9,19H,16H2. The van der Waals surface area contributed by atoms with Crippen molar-refractivity contribution < 1.29 is 5.11 Å². The van der Waals surface area contributed by atoms with E-state index in [4.69, 9.17) is 5.84 Å². The van der Waals surface area contributed by atoms with Crippen LogP contribution in [0.5, 0.6) is 0 Å². The first kappa shape index (κ1) is 12.3. The van der Waals surface area contributed by atoms with Gasteiger partial charge in [0.25, 0.3) is 0 Å². The Bertz CT molecular complexity index is 644. The molecule has 5 heteroatoms. The second-order valence-electron chi connectivity index (χ2n) is 4.35. The fourth-order valence-electron chi connectivity index (χ4n) is 2.22. The molecule has 0 saturated carbocycles. The largest absolute Gasteiger partial charge is 0.362 e. The second-order valence-corrected chi connectivity index (χ2v) is 5.27. The van der Waals surface area contributed by atoms with Gasteiger partial charge >= 0.3 is 0 Å². The summed E-state index contributed by atoms with van der Waals surface area (Å²) in [7, 11) is 0. The molecule has 4 nitrogen and oxygen atoms in total. The van der Waals surface area contributed by atoms with Gasteiger partial charge in [0.15, 0.2) is 0 Å². The highest BCUT2D eigenvalue weighted by atomic mass is 79.9. The summed E-state index contributed by atoms with van der Waals surface area (Å²) in [6.45, 7) is 0. The maximum Gasteiger partial charge on any atom is 0.207 e. The first-order chi connectivity index (χ1) is 9.12. The summed E-state index contributed by atoms with van der Waals surface area (Å²) in [5, 5.41) is 12.3. The Labute approximate surface area is 119 Å². The van der Waals surface area contributed by atoms with Crippen molar-refractivity contribution in [1.82, 2.24) is 5.01 Å². The lowest BCUT2D eigenvalue weighted by Gasteiger charge is -2.39. The van der Waals surface area contributed by atoms with Gasteiger partial charge in [-0.2, -0.15) is 0 Å². The number of aliphatic imine (C=N–C) groups is 1. The molecule has 0 bridgehead atoms. The van der Waals surface area contributed by atoms with Crippen molar-refractivity contribution in [3.8, 4) is 0 Å². The third-order valence-electron chi connectivity index (χ3n) is 3.21. The van der Waals surface area contributed by atoms with Crippen LogP contribution in [0.25, 0.3) is 0 Å². The number of rotatable bonds is 1. The summed E-state index contributed by atoms with van der Waals surface area (Å²) in [4.78, 5) is 4.23. The maximum absolute atomic E-state index is 11.1. The highest BCUT2D eigenvalue weighted by Gasteiger charge is 2.40. The minimum absolute atomic E-state index is 0.651. The van der Waals surface area contributed by atoms with Crippen molar-refractivity contribution in [3.63, 3.8) is 0 Å². The molecule has 0 spiro atoms. The number of hydrogen-bond acceptors (Lipinski definition) is 4. The summed E-state index contributed by atoms with van der Waals surface area (Å²) in [6.07, 6.45) is 1.43. The van der Waals surface area contributed by atoms with Crippen LogP contribution in [0.2, 0.25) is 0 Å². The van der Waals surface area contributed by atoms with Crippen molar-refractivity contribution in [2.45, 2.75) is 5.72 Å². The highest BCUT2D eigenvalue weighted by Crippen LogP contribution is 2.40. The fourth-order valence-corrected chi connectivity index (χ4v) is 2.58. The minimum atomic E-state index is -1.41. The molecule has 2 aromatic rings. The topological polar surface area (TPSA) is 61.8 Å². The highest BCUT2D eigenvalue weighted by molar-refractivity contribution is 9.10. The third kappa shape index (κ3) is 1.87. The first-order valence-corrected chi connectivity index (χ1v) is 6.58. The van der Waals surface area contributed by atoms with Gasteiger partial charge in [-0.3, -0.25) is 5.01 Å². The van der Waals surface area contributed by atoms with E-state index in [2.05, 4.69) is 20.9 Å². The number of nitrogens with zero attached hydrogens (tertiary/aromatic N) is 2. The molecule has 1 unspecified atom stereocenters. The van der Waals surface area contributed by atoms with Gasteiger partial charge in [-0.05, 0) is 18.2 Å². The number of benzene rings is 2. The van der Waals surface area contributed by atoms with E-state index in [0.29, 0.717) is 16.8 Å². The number of nitrogens with two attached hydrogens (primary N) is 1. The molecule has 1 atom stereocenters. The van der Waals surface area contributed by atoms with Crippen molar-refractivity contribution >= 4 is 28.0 Å². The Morgan fingerprint density at radius 2 is 1.89 bits per heavy atom. The van der Waals surface area contributed by atoms with Crippen molar-refractivity contribution in [2.24, 2.45) is 10.8 Å². The maximum atomic E-state index is 11.1. The molecule has 1 aliphatic rings. The SMILES string of the molecule is NN1C=Nc2ccc(Br)cc2C1(O)c1ccccc1. The normalized spacial score (nSPS) is 21.3. The average Bonchev–Trinajstić information content (AvgIpc) is 2.44. The molecule has 3 N–H and O–H groups in total. The second kappa shape index (κ2) is 4.45. The Kier molecular flexibility index (Phi) is 2.89. The van der Waals surface area contributed by atoms with E-state index >= 15 is 0 Å². The van der Waals surface area contributed by atoms with Crippen molar-refractivity contribution in [2.75, 3.05) is 0 Å². The Hall–Kier alpha value is -1.69. The molecule has 0 aromatic heterocycles. The predicted molar refractivity (Wildman–Crippen MR) is 77.8 cm³/mol. The van der Waals surface area contributed by atoms with E-state index in [1.165, 1.54) is 11.3 Å². The monoisotopic (exact) mass is 317 g/mol. The summed E-state index contributed by atoms with van der Waals surface area (Å²) in [6, 6.07) is 14.9. The van der Waals surface area contributed by atoms with Gasteiger partial charge in [0.1, 0.15) is 6.34 Å². The van der Waals surface area contributed by atoms with Gasteiger partial charge in [0, 0.05) is 15.6 Å². The third-order valence-corrected chi connectivity index (χ3v) is 3.70. The van der Waals surface area contributed by atoms with Crippen LogP contribution in [0.15, 0.2) is 58.0 Å². The smallest absolute Gasteiger partial charge is 0.207 e. The van der Waals surface area contributed by atoms with E-state index in [1.54, 1.807) is 0 Å². The summed E-state index contributed by atoms with van der Waals surface area (Å²) in [5.41, 5.74) is 0.639. The molecule has 0 saturated heterocycles. The first-order valence-electron chi connectivity index (χ1n) is 5.78. The molecular formula is C14H12BrN3O. The van der Waals surface area contributed by atoms with Gasteiger partial charge in [-0.1, -0.05) is 46.3 Å². The summed E-state index contributed by atoms with van der Waals surface area (Å²) in [5.74, 6) is 5.93. The molecule has 1 aliphatic heterocycles.